The maximum absolute atomic E-state index is 13.1. The van der Waals surface area contributed by atoms with Crippen LogP contribution in [0, 0.1) is 0 Å². The van der Waals surface area contributed by atoms with Crippen LogP contribution >= 0.6 is 0 Å². The molecule has 0 fully saturated rings. The zero-order chi connectivity index (χ0) is 17.6. The fourth-order valence-corrected chi connectivity index (χ4v) is 1.47. The summed E-state index contributed by atoms with van der Waals surface area (Å²) in [6, 6.07) is 2.98. The molecule has 1 aromatic heterocycles. The monoisotopic (exact) mass is 337 g/mol. The molecule has 2 N–H and O–H groups in total. The molecule has 23 heavy (non-hydrogen) atoms. The van der Waals surface area contributed by atoms with Crippen LogP contribution in [0.4, 0.5) is 27.8 Å². The Hall–Kier alpha value is -2.52. The molecular weight excluding hydrogens is 325 g/mol. The Kier molecular flexibility index (Phi) is 6.17. The van der Waals surface area contributed by atoms with E-state index in [0.29, 0.717) is 6.20 Å². The van der Waals surface area contributed by atoms with Gasteiger partial charge in [-0.2, -0.15) is 13.2 Å². The Morgan fingerprint density at radius 2 is 2.09 bits per heavy atom. The average Bonchev–Trinajstić information content (AvgIpc) is 2.46. The van der Waals surface area contributed by atoms with E-state index < -0.39 is 41.4 Å². The third kappa shape index (κ3) is 5.01. The van der Waals surface area contributed by atoms with Crippen molar-refractivity contribution in [1.82, 2.24) is 4.98 Å². The first-order valence-electron chi connectivity index (χ1n) is 6.21. The number of halogens is 5. The molecule has 0 aliphatic carbocycles. The number of carbonyl (C=O) groups excluding carboxylic acids is 1. The molecule has 0 saturated heterocycles. The maximum atomic E-state index is 13.1. The van der Waals surface area contributed by atoms with E-state index in [0.717, 1.165) is 18.2 Å². The van der Waals surface area contributed by atoms with Gasteiger partial charge in [0, 0.05) is 6.20 Å². The third-order valence-electron chi connectivity index (χ3n) is 2.39. The molecule has 0 atom stereocenters. The lowest BCUT2D eigenvalue weighted by Gasteiger charge is -2.13. The molecule has 0 spiro atoms. The van der Waals surface area contributed by atoms with Crippen LogP contribution in [0.25, 0.3) is 0 Å². The standard InChI is InChI=1S/C13H12F5N3O2/c1-2-23-12(22)7(6-19)10(13(16,17)18)21-9-5-3-4-8(20-9)11(14)15/h3-6,11H,2,19H2,1H3/b7-6+,21-10-. The number of esters is 1. The van der Waals surface area contributed by atoms with Crippen molar-refractivity contribution in [3.63, 3.8) is 0 Å². The maximum Gasteiger partial charge on any atom is 0.434 e. The van der Waals surface area contributed by atoms with Gasteiger partial charge < -0.3 is 10.5 Å². The molecule has 0 bridgehead atoms. The number of aliphatic imine (C=N–C) groups is 1. The summed E-state index contributed by atoms with van der Waals surface area (Å²) in [4.78, 5) is 18.0. The lowest BCUT2D eigenvalue weighted by Crippen LogP contribution is -2.30. The summed E-state index contributed by atoms with van der Waals surface area (Å²) in [5.74, 6) is -1.98. The second-order valence-corrected chi connectivity index (χ2v) is 3.98. The number of nitrogens with zero attached hydrogens (tertiary/aromatic N) is 2. The molecule has 126 valence electrons. The van der Waals surface area contributed by atoms with Crippen molar-refractivity contribution in [3.05, 3.63) is 35.7 Å². The summed E-state index contributed by atoms with van der Waals surface area (Å²) in [7, 11) is 0. The molecule has 0 aromatic carbocycles. The smallest absolute Gasteiger partial charge is 0.434 e. The minimum atomic E-state index is -5.07. The number of ether oxygens (including phenoxy) is 1. The van der Waals surface area contributed by atoms with E-state index in [9.17, 15) is 26.7 Å². The molecule has 0 unspecified atom stereocenters. The molecular formula is C13H12F5N3O2. The zero-order valence-electron chi connectivity index (χ0n) is 11.8. The lowest BCUT2D eigenvalue weighted by molar-refractivity contribution is -0.138. The van der Waals surface area contributed by atoms with Crippen LogP contribution in [0.3, 0.4) is 0 Å². The molecule has 0 saturated carbocycles. The number of hydrogen-bond donors (Lipinski definition) is 1. The van der Waals surface area contributed by atoms with Crippen LogP contribution in [0.1, 0.15) is 19.0 Å². The summed E-state index contributed by atoms with van der Waals surface area (Å²) in [5, 5.41) is 0. The first kappa shape index (κ1) is 18.5. The van der Waals surface area contributed by atoms with Crippen LogP contribution in [-0.2, 0) is 9.53 Å². The van der Waals surface area contributed by atoms with Gasteiger partial charge >= 0.3 is 12.1 Å². The van der Waals surface area contributed by atoms with Crippen molar-refractivity contribution in [2.24, 2.45) is 10.7 Å². The highest BCUT2D eigenvalue weighted by Gasteiger charge is 2.41. The van der Waals surface area contributed by atoms with Gasteiger partial charge in [-0.15, -0.1) is 0 Å². The summed E-state index contributed by atoms with van der Waals surface area (Å²) in [5.41, 5.74) is 1.58. The highest BCUT2D eigenvalue weighted by Crippen LogP contribution is 2.26. The largest absolute Gasteiger partial charge is 0.462 e. The van der Waals surface area contributed by atoms with Gasteiger partial charge in [0.05, 0.1) is 6.61 Å². The highest BCUT2D eigenvalue weighted by molar-refractivity contribution is 6.22. The molecule has 10 heteroatoms. The number of aromatic nitrogens is 1. The van der Waals surface area contributed by atoms with Crippen molar-refractivity contribution in [3.8, 4) is 0 Å². The Labute approximate surface area is 127 Å². The van der Waals surface area contributed by atoms with Crippen LogP contribution < -0.4 is 5.73 Å². The second kappa shape index (κ2) is 7.65. The molecule has 0 amide bonds. The van der Waals surface area contributed by atoms with Gasteiger partial charge in [-0.1, -0.05) is 6.07 Å². The van der Waals surface area contributed by atoms with Gasteiger partial charge in [0.2, 0.25) is 0 Å². The number of rotatable bonds is 5. The van der Waals surface area contributed by atoms with E-state index >= 15 is 0 Å². The fourth-order valence-electron chi connectivity index (χ4n) is 1.47. The number of alkyl halides is 5. The van der Waals surface area contributed by atoms with E-state index in [1.54, 1.807) is 0 Å². The molecule has 0 radical (unpaired) electrons. The van der Waals surface area contributed by atoms with E-state index in [2.05, 4.69) is 14.7 Å². The van der Waals surface area contributed by atoms with E-state index in [1.807, 2.05) is 0 Å². The van der Waals surface area contributed by atoms with Crippen LogP contribution in [0.2, 0.25) is 0 Å². The Morgan fingerprint density at radius 3 is 2.57 bits per heavy atom. The molecule has 1 rings (SSSR count). The summed E-state index contributed by atoms with van der Waals surface area (Å²) >= 11 is 0. The molecule has 1 aromatic rings. The van der Waals surface area contributed by atoms with Gasteiger partial charge in [-0.05, 0) is 19.1 Å². The SMILES string of the molecule is CCOC(=O)C(=C/N)/C(=N/c1cccc(C(F)F)n1)C(F)(F)F. The van der Waals surface area contributed by atoms with E-state index in [-0.39, 0.29) is 6.61 Å². The van der Waals surface area contributed by atoms with Crippen molar-refractivity contribution in [2.45, 2.75) is 19.5 Å². The number of hydrogen-bond acceptors (Lipinski definition) is 5. The van der Waals surface area contributed by atoms with Crippen LogP contribution in [-0.4, -0.2) is 29.4 Å². The average molecular weight is 337 g/mol. The number of carbonyl (C=O) groups is 1. The molecule has 5 nitrogen and oxygen atoms in total. The van der Waals surface area contributed by atoms with E-state index in [1.165, 1.54) is 6.92 Å². The van der Waals surface area contributed by atoms with Gasteiger partial charge in [0.15, 0.2) is 11.5 Å². The second-order valence-electron chi connectivity index (χ2n) is 3.98. The highest BCUT2D eigenvalue weighted by atomic mass is 19.4. The van der Waals surface area contributed by atoms with Gasteiger partial charge in [-0.25, -0.2) is 23.6 Å². The number of nitrogens with two attached hydrogens (primary N) is 1. The fraction of sp³-hybridized carbons (Fsp3) is 0.308. The first-order valence-corrected chi connectivity index (χ1v) is 6.21. The van der Waals surface area contributed by atoms with Crippen LogP contribution in [0.5, 0.6) is 0 Å². The van der Waals surface area contributed by atoms with Crippen molar-refractivity contribution < 1.29 is 31.5 Å². The van der Waals surface area contributed by atoms with Gasteiger partial charge in [0.1, 0.15) is 11.3 Å². The van der Waals surface area contributed by atoms with Crippen molar-refractivity contribution >= 4 is 17.5 Å². The van der Waals surface area contributed by atoms with Gasteiger partial charge in [0.25, 0.3) is 6.43 Å². The summed E-state index contributed by atoms with van der Waals surface area (Å²) < 4.78 is 68.8. The van der Waals surface area contributed by atoms with E-state index in [4.69, 9.17) is 5.73 Å². The quantitative estimate of drug-likeness (QED) is 0.388. The Morgan fingerprint density at radius 1 is 1.43 bits per heavy atom. The molecule has 0 aliphatic rings. The van der Waals surface area contributed by atoms with Crippen LogP contribution in [0.15, 0.2) is 35.0 Å². The Balaban J connectivity index is 3.37. The Bertz CT molecular complexity index is 626. The summed E-state index contributed by atoms with van der Waals surface area (Å²) in [6.45, 7) is 1.21. The number of pyridine rings is 1. The lowest BCUT2D eigenvalue weighted by atomic mass is 10.1. The third-order valence-corrected chi connectivity index (χ3v) is 2.39. The van der Waals surface area contributed by atoms with Crippen molar-refractivity contribution in [2.75, 3.05) is 6.61 Å². The summed E-state index contributed by atoms with van der Waals surface area (Å²) in [6.07, 6.45) is -7.66. The zero-order valence-corrected chi connectivity index (χ0v) is 11.8. The van der Waals surface area contributed by atoms with Gasteiger partial charge in [-0.3, -0.25) is 0 Å². The normalized spacial score (nSPS) is 13.3. The first-order chi connectivity index (χ1) is 10.7. The minimum absolute atomic E-state index is 0.180. The minimum Gasteiger partial charge on any atom is -0.462 e. The molecule has 0 aliphatic heterocycles. The van der Waals surface area contributed by atoms with Crippen molar-refractivity contribution in [1.29, 1.82) is 0 Å². The topological polar surface area (TPSA) is 77.6 Å². The predicted octanol–water partition coefficient (Wildman–Crippen LogP) is 3.06. The molecule has 1 heterocycles. The predicted molar refractivity (Wildman–Crippen MR) is 71.2 cm³/mol.